The summed E-state index contributed by atoms with van der Waals surface area (Å²) in [7, 11) is 0. The topological polar surface area (TPSA) is 12.5 Å². The van der Waals surface area contributed by atoms with Crippen molar-refractivity contribution in [3.05, 3.63) is 6.42 Å². The third-order valence-corrected chi connectivity index (χ3v) is 1.32. The van der Waals surface area contributed by atoms with E-state index >= 15 is 0 Å². The molecule has 1 unspecified atom stereocenters. The van der Waals surface area contributed by atoms with Crippen LogP contribution in [0.2, 0.25) is 0 Å². The van der Waals surface area contributed by atoms with Crippen molar-refractivity contribution < 1.29 is 4.74 Å². The molecule has 1 radical (unpaired) electrons. The van der Waals surface area contributed by atoms with Crippen molar-refractivity contribution in [1.29, 1.82) is 0 Å². The molecule has 0 saturated carbocycles. The highest BCUT2D eigenvalue weighted by Crippen LogP contribution is 2.15. The van der Waals surface area contributed by atoms with Crippen molar-refractivity contribution in [2.45, 2.75) is 32.3 Å². The lowest BCUT2D eigenvalue weighted by Gasteiger charge is -1.90. The first kappa shape index (κ1) is 6.09. The fourth-order valence-electron chi connectivity index (χ4n) is 0.712. The van der Waals surface area contributed by atoms with E-state index in [0.717, 1.165) is 6.61 Å². The predicted molar refractivity (Wildman–Crippen MR) is 33.6 cm³/mol. The van der Waals surface area contributed by atoms with Crippen molar-refractivity contribution in [2.75, 3.05) is 6.61 Å². The molecular formula is C7H13O. The Morgan fingerprint density at radius 2 is 2.50 bits per heavy atom. The lowest BCUT2D eigenvalue weighted by Crippen LogP contribution is -1.84. The molecule has 1 aliphatic heterocycles. The van der Waals surface area contributed by atoms with Crippen molar-refractivity contribution in [1.82, 2.24) is 0 Å². The number of unbranched alkanes of at least 4 members (excludes halogenated alkanes) is 2. The van der Waals surface area contributed by atoms with E-state index < -0.39 is 0 Å². The third-order valence-electron chi connectivity index (χ3n) is 1.32. The highest BCUT2D eigenvalue weighted by Gasteiger charge is 2.20. The van der Waals surface area contributed by atoms with Crippen molar-refractivity contribution in [2.24, 2.45) is 0 Å². The van der Waals surface area contributed by atoms with E-state index in [1.54, 1.807) is 0 Å². The van der Waals surface area contributed by atoms with Gasteiger partial charge in [-0.3, -0.25) is 0 Å². The average molecular weight is 113 g/mol. The van der Waals surface area contributed by atoms with Gasteiger partial charge in [0.05, 0.1) is 12.7 Å². The second kappa shape index (κ2) is 3.08. The lowest BCUT2D eigenvalue weighted by atomic mass is 10.2. The van der Waals surface area contributed by atoms with Crippen LogP contribution in [-0.4, -0.2) is 12.7 Å². The molecule has 1 atom stereocenters. The summed E-state index contributed by atoms with van der Waals surface area (Å²) in [6, 6.07) is 0. The van der Waals surface area contributed by atoms with Crippen LogP contribution in [-0.2, 0) is 4.74 Å². The van der Waals surface area contributed by atoms with Crippen molar-refractivity contribution in [3.8, 4) is 0 Å². The number of rotatable bonds is 4. The minimum Gasteiger partial charge on any atom is -0.373 e. The van der Waals surface area contributed by atoms with Gasteiger partial charge in [0.2, 0.25) is 0 Å². The molecule has 1 heterocycles. The molecule has 0 aromatic carbocycles. The zero-order valence-corrected chi connectivity index (χ0v) is 5.39. The summed E-state index contributed by atoms with van der Waals surface area (Å²) in [5.74, 6) is 0. The minimum atomic E-state index is 0.599. The normalized spacial score (nSPS) is 25.9. The van der Waals surface area contributed by atoms with Crippen LogP contribution in [0.15, 0.2) is 0 Å². The summed E-state index contributed by atoms with van der Waals surface area (Å²) in [5.41, 5.74) is 0. The van der Waals surface area contributed by atoms with Gasteiger partial charge in [0, 0.05) is 0 Å². The Kier molecular flexibility index (Phi) is 2.34. The van der Waals surface area contributed by atoms with Crippen LogP contribution in [0.3, 0.4) is 0 Å². The van der Waals surface area contributed by atoms with E-state index in [-0.39, 0.29) is 0 Å². The summed E-state index contributed by atoms with van der Waals surface area (Å²) >= 11 is 0. The van der Waals surface area contributed by atoms with E-state index in [1.807, 2.05) is 0 Å². The van der Waals surface area contributed by atoms with Crippen LogP contribution >= 0.6 is 0 Å². The fourth-order valence-corrected chi connectivity index (χ4v) is 0.712. The van der Waals surface area contributed by atoms with E-state index in [1.165, 1.54) is 19.3 Å². The number of epoxide rings is 1. The zero-order chi connectivity index (χ0) is 5.82. The molecular weight excluding hydrogens is 100 g/mol. The molecule has 0 N–H and O–H groups in total. The van der Waals surface area contributed by atoms with Crippen LogP contribution in [0, 0.1) is 6.42 Å². The maximum atomic E-state index is 5.02. The van der Waals surface area contributed by atoms with Gasteiger partial charge in [-0.2, -0.15) is 0 Å². The molecule has 1 nitrogen and oxygen atoms in total. The van der Waals surface area contributed by atoms with E-state index in [9.17, 15) is 0 Å². The Labute approximate surface area is 51.0 Å². The summed E-state index contributed by atoms with van der Waals surface area (Å²) in [5, 5.41) is 0. The van der Waals surface area contributed by atoms with Crippen molar-refractivity contribution in [3.63, 3.8) is 0 Å². The Morgan fingerprint density at radius 1 is 1.75 bits per heavy atom. The summed E-state index contributed by atoms with van der Waals surface area (Å²) < 4.78 is 5.02. The molecule has 0 bridgehead atoms. The predicted octanol–water partition coefficient (Wildman–Crippen LogP) is 1.78. The molecule has 1 saturated heterocycles. The zero-order valence-electron chi connectivity index (χ0n) is 5.39. The summed E-state index contributed by atoms with van der Waals surface area (Å²) in [6.45, 7) is 3.20. The highest BCUT2D eigenvalue weighted by atomic mass is 16.6. The third kappa shape index (κ3) is 2.31. The minimum absolute atomic E-state index is 0.599. The maximum Gasteiger partial charge on any atom is 0.0812 e. The van der Waals surface area contributed by atoms with Gasteiger partial charge in [0.15, 0.2) is 0 Å². The van der Waals surface area contributed by atoms with Crippen LogP contribution in [0.1, 0.15) is 26.2 Å². The molecule has 0 aromatic rings. The fraction of sp³-hybridized carbons (Fsp3) is 0.857. The van der Waals surface area contributed by atoms with Gasteiger partial charge in [-0.25, -0.2) is 0 Å². The molecule has 0 aromatic heterocycles. The number of hydrogen-bond acceptors (Lipinski definition) is 1. The molecule has 1 rings (SSSR count). The Bertz CT molecular complexity index is 57.4. The first-order valence-electron chi connectivity index (χ1n) is 3.36. The number of hydrogen-bond donors (Lipinski definition) is 0. The van der Waals surface area contributed by atoms with Gasteiger partial charge in [0.25, 0.3) is 0 Å². The molecule has 47 valence electrons. The Balaban J connectivity index is 1.74. The van der Waals surface area contributed by atoms with Crippen LogP contribution < -0.4 is 0 Å². The summed E-state index contributed by atoms with van der Waals surface area (Å²) in [6.07, 6.45) is 6.61. The van der Waals surface area contributed by atoms with E-state index in [4.69, 9.17) is 4.74 Å². The molecule has 0 spiro atoms. The first-order valence-corrected chi connectivity index (χ1v) is 3.36. The van der Waals surface area contributed by atoms with Crippen LogP contribution in [0.25, 0.3) is 0 Å². The van der Waals surface area contributed by atoms with E-state index in [2.05, 4.69) is 13.3 Å². The quantitative estimate of drug-likeness (QED) is 0.400. The van der Waals surface area contributed by atoms with Gasteiger partial charge in [0.1, 0.15) is 0 Å². The Hall–Kier alpha value is -0.0400. The number of ether oxygens (including phenoxy) is 1. The molecule has 0 aliphatic carbocycles. The second-order valence-electron chi connectivity index (χ2n) is 2.27. The van der Waals surface area contributed by atoms with Crippen LogP contribution in [0.4, 0.5) is 0 Å². The largest absolute Gasteiger partial charge is 0.373 e. The van der Waals surface area contributed by atoms with E-state index in [0.29, 0.717) is 6.10 Å². The average Bonchev–Trinajstić information content (AvgIpc) is 2.51. The molecule has 8 heavy (non-hydrogen) atoms. The van der Waals surface area contributed by atoms with Gasteiger partial charge < -0.3 is 4.74 Å². The summed E-state index contributed by atoms with van der Waals surface area (Å²) in [4.78, 5) is 0. The molecule has 1 fully saturated rings. The lowest BCUT2D eigenvalue weighted by molar-refractivity contribution is 0.404. The Morgan fingerprint density at radius 3 is 3.00 bits per heavy atom. The van der Waals surface area contributed by atoms with Gasteiger partial charge >= 0.3 is 0 Å². The van der Waals surface area contributed by atoms with Crippen LogP contribution in [0.5, 0.6) is 0 Å². The SMILES string of the molecule is CCC[CH]CC1CO1. The molecule has 1 aliphatic rings. The van der Waals surface area contributed by atoms with Gasteiger partial charge in [-0.05, 0) is 12.8 Å². The molecule has 0 amide bonds. The highest BCUT2D eigenvalue weighted by molar-refractivity contribution is 4.77. The standard InChI is InChI=1S/C7H13O/c1-2-3-4-5-7-6-8-7/h4,7H,2-3,5-6H2,1H3. The van der Waals surface area contributed by atoms with Crippen molar-refractivity contribution >= 4 is 0 Å². The monoisotopic (exact) mass is 113 g/mol. The van der Waals surface area contributed by atoms with Gasteiger partial charge in [-0.1, -0.05) is 19.8 Å². The smallest absolute Gasteiger partial charge is 0.0812 e. The molecule has 1 heteroatoms. The van der Waals surface area contributed by atoms with Gasteiger partial charge in [-0.15, -0.1) is 0 Å². The maximum absolute atomic E-state index is 5.02. The second-order valence-corrected chi connectivity index (χ2v) is 2.27. The first-order chi connectivity index (χ1) is 3.93.